The molecule has 9 nitrogen and oxygen atoms in total. The van der Waals surface area contributed by atoms with Crippen molar-refractivity contribution in [2.75, 3.05) is 32.8 Å². The highest BCUT2D eigenvalue weighted by molar-refractivity contribution is 5.99. The number of hydrogen-bond acceptors (Lipinski definition) is 5. The SMILES string of the molecule is O=C1NCCN1C(=O)N1CC(N2C(=O)COC2=O)C1. The molecule has 102 valence electrons. The minimum absolute atomic E-state index is 0.238. The minimum atomic E-state index is -0.666. The second-order valence-corrected chi connectivity index (χ2v) is 4.54. The summed E-state index contributed by atoms with van der Waals surface area (Å²) >= 11 is 0. The van der Waals surface area contributed by atoms with E-state index in [4.69, 9.17) is 0 Å². The van der Waals surface area contributed by atoms with E-state index in [9.17, 15) is 19.2 Å². The van der Waals surface area contributed by atoms with Gasteiger partial charge < -0.3 is 15.0 Å². The highest BCUT2D eigenvalue weighted by atomic mass is 16.6. The molecule has 0 atom stereocenters. The summed E-state index contributed by atoms with van der Waals surface area (Å²) in [6, 6.07) is -1.16. The molecule has 3 heterocycles. The Morgan fingerprint density at radius 3 is 2.53 bits per heavy atom. The topological polar surface area (TPSA) is 99.3 Å². The lowest BCUT2D eigenvalue weighted by Gasteiger charge is -2.42. The van der Waals surface area contributed by atoms with Gasteiger partial charge in [-0.15, -0.1) is 0 Å². The second kappa shape index (κ2) is 4.11. The van der Waals surface area contributed by atoms with E-state index in [0.717, 1.165) is 9.80 Å². The van der Waals surface area contributed by atoms with Gasteiger partial charge in [0.2, 0.25) is 0 Å². The van der Waals surface area contributed by atoms with Crippen molar-refractivity contribution in [3.05, 3.63) is 0 Å². The molecule has 0 unspecified atom stereocenters. The van der Waals surface area contributed by atoms with Crippen molar-refractivity contribution in [2.45, 2.75) is 6.04 Å². The third kappa shape index (κ3) is 1.77. The number of urea groups is 2. The van der Waals surface area contributed by atoms with Crippen molar-refractivity contribution in [3.8, 4) is 0 Å². The molecule has 9 heteroatoms. The van der Waals surface area contributed by atoms with Crippen molar-refractivity contribution in [1.82, 2.24) is 20.0 Å². The zero-order valence-electron chi connectivity index (χ0n) is 10.00. The first-order valence-corrected chi connectivity index (χ1v) is 5.91. The number of likely N-dealkylation sites (tertiary alicyclic amines) is 1. The van der Waals surface area contributed by atoms with E-state index >= 15 is 0 Å². The fourth-order valence-corrected chi connectivity index (χ4v) is 2.32. The molecule has 6 amide bonds. The van der Waals surface area contributed by atoms with Gasteiger partial charge in [-0.25, -0.2) is 24.2 Å². The highest BCUT2D eigenvalue weighted by Gasteiger charge is 2.46. The fourth-order valence-electron chi connectivity index (χ4n) is 2.32. The smallest absolute Gasteiger partial charge is 0.417 e. The maximum absolute atomic E-state index is 11.9. The quantitative estimate of drug-likeness (QED) is 0.643. The Morgan fingerprint density at radius 1 is 1.26 bits per heavy atom. The van der Waals surface area contributed by atoms with E-state index in [-0.39, 0.29) is 31.6 Å². The van der Waals surface area contributed by atoms with Gasteiger partial charge in [0, 0.05) is 26.2 Å². The lowest BCUT2D eigenvalue weighted by molar-refractivity contribution is -0.129. The Bertz CT molecular complexity index is 457. The number of imide groups is 2. The molecule has 0 aliphatic carbocycles. The number of cyclic esters (lactones) is 1. The first kappa shape index (κ1) is 11.8. The summed E-state index contributed by atoms with van der Waals surface area (Å²) in [7, 11) is 0. The van der Waals surface area contributed by atoms with Crippen LogP contribution in [0.4, 0.5) is 14.4 Å². The van der Waals surface area contributed by atoms with Crippen LogP contribution in [-0.4, -0.2) is 77.6 Å². The van der Waals surface area contributed by atoms with Gasteiger partial charge in [0.25, 0.3) is 5.91 Å². The summed E-state index contributed by atoms with van der Waals surface area (Å²) < 4.78 is 4.61. The molecule has 3 aliphatic rings. The van der Waals surface area contributed by atoms with Crippen LogP contribution in [0.1, 0.15) is 0 Å². The molecule has 3 saturated heterocycles. The third-order valence-corrected chi connectivity index (χ3v) is 3.37. The maximum Gasteiger partial charge on any atom is 0.417 e. The molecule has 0 aromatic carbocycles. The number of hydrogen-bond donors (Lipinski definition) is 1. The lowest BCUT2D eigenvalue weighted by atomic mass is 10.1. The van der Waals surface area contributed by atoms with Gasteiger partial charge in [-0.05, 0) is 0 Å². The monoisotopic (exact) mass is 268 g/mol. The molecule has 0 aromatic heterocycles. The fraction of sp³-hybridized carbons (Fsp3) is 0.600. The number of carbonyl (C=O) groups excluding carboxylic acids is 4. The minimum Gasteiger partial charge on any atom is -0.439 e. The van der Waals surface area contributed by atoms with Gasteiger partial charge in [-0.3, -0.25) is 4.79 Å². The molecule has 19 heavy (non-hydrogen) atoms. The first-order valence-electron chi connectivity index (χ1n) is 5.91. The van der Waals surface area contributed by atoms with Crippen LogP contribution < -0.4 is 5.32 Å². The van der Waals surface area contributed by atoms with E-state index in [1.54, 1.807) is 0 Å². The van der Waals surface area contributed by atoms with E-state index in [1.807, 2.05) is 0 Å². The molecule has 0 radical (unpaired) electrons. The molecular formula is C10H12N4O5. The van der Waals surface area contributed by atoms with Crippen LogP contribution in [0.25, 0.3) is 0 Å². The first-order chi connectivity index (χ1) is 9.08. The normalized spacial score (nSPS) is 23.6. The van der Waals surface area contributed by atoms with Crippen LogP contribution in [-0.2, 0) is 9.53 Å². The summed E-state index contributed by atoms with van der Waals surface area (Å²) in [6.45, 7) is 1.02. The number of rotatable bonds is 1. The molecule has 0 saturated carbocycles. The van der Waals surface area contributed by atoms with Crippen LogP contribution in [0.15, 0.2) is 0 Å². The number of carbonyl (C=O) groups is 4. The molecule has 3 fully saturated rings. The molecule has 0 spiro atoms. The number of amides is 6. The summed E-state index contributed by atoms with van der Waals surface area (Å²) in [5, 5.41) is 2.53. The van der Waals surface area contributed by atoms with Crippen LogP contribution in [0.3, 0.4) is 0 Å². The average Bonchev–Trinajstić information content (AvgIpc) is 2.87. The molecule has 0 bridgehead atoms. The van der Waals surface area contributed by atoms with E-state index in [0.29, 0.717) is 13.1 Å². The Hall–Kier alpha value is -2.32. The van der Waals surface area contributed by atoms with Crippen molar-refractivity contribution < 1.29 is 23.9 Å². The second-order valence-electron chi connectivity index (χ2n) is 4.54. The van der Waals surface area contributed by atoms with Gasteiger partial charge in [-0.1, -0.05) is 0 Å². The summed E-state index contributed by atoms with van der Waals surface area (Å²) in [6.07, 6.45) is -0.666. The standard InChI is InChI=1S/C10H12N4O5/c15-7-5-19-10(18)14(7)6-3-12(4-6)9(17)13-2-1-11-8(13)16/h6H,1-5H2,(H,11,16). The Balaban J connectivity index is 1.58. The van der Waals surface area contributed by atoms with E-state index < -0.39 is 18.2 Å². The van der Waals surface area contributed by atoms with Gasteiger partial charge in [0.05, 0.1) is 6.04 Å². The van der Waals surface area contributed by atoms with Gasteiger partial charge in [0.1, 0.15) is 0 Å². The third-order valence-electron chi connectivity index (χ3n) is 3.37. The number of nitrogens with one attached hydrogen (secondary N) is 1. The zero-order valence-corrected chi connectivity index (χ0v) is 10.00. The van der Waals surface area contributed by atoms with E-state index in [1.165, 1.54) is 4.90 Å². The van der Waals surface area contributed by atoms with Gasteiger partial charge in [0.15, 0.2) is 6.61 Å². The van der Waals surface area contributed by atoms with Crippen LogP contribution in [0, 0.1) is 0 Å². The van der Waals surface area contributed by atoms with Crippen LogP contribution in [0.5, 0.6) is 0 Å². The molecule has 0 aromatic rings. The largest absolute Gasteiger partial charge is 0.439 e. The summed E-state index contributed by atoms with van der Waals surface area (Å²) in [5.74, 6) is -0.388. The average molecular weight is 268 g/mol. The maximum atomic E-state index is 11.9. The summed E-state index contributed by atoms with van der Waals surface area (Å²) in [5.41, 5.74) is 0. The van der Waals surface area contributed by atoms with Crippen molar-refractivity contribution in [3.63, 3.8) is 0 Å². The van der Waals surface area contributed by atoms with E-state index in [2.05, 4.69) is 10.1 Å². The number of nitrogens with zero attached hydrogens (tertiary/aromatic N) is 3. The van der Waals surface area contributed by atoms with Crippen LogP contribution >= 0.6 is 0 Å². The molecule has 3 aliphatic heterocycles. The van der Waals surface area contributed by atoms with Gasteiger partial charge in [-0.2, -0.15) is 0 Å². The zero-order chi connectivity index (χ0) is 13.6. The van der Waals surface area contributed by atoms with Crippen molar-refractivity contribution in [1.29, 1.82) is 0 Å². The molecular weight excluding hydrogens is 256 g/mol. The lowest BCUT2D eigenvalue weighted by Crippen LogP contribution is -2.64. The Morgan fingerprint density at radius 2 is 2.00 bits per heavy atom. The highest BCUT2D eigenvalue weighted by Crippen LogP contribution is 2.21. The predicted octanol–water partition coefficient (Wildman–Crippen LogP) is -1.21. The Kier molecular flexibility index (Phi) is 2.54. The number of ether oxygens (including phenoxy) is 1. The summed E-state index contributed by atoms with van der Waals surface area (Å²) in [4.78, 5) is 49.6. The molecule has 3 rings (SSSR count). The Labute approximate surface area is 108 Å². The molecule has 1 N–H and O–H groups in total. The predicted molar refractivity (Wildman–Crippen MR) is 59.1 cm³/mol. The van der Waals surface area contributed by atoms with Crippen LogP contribution in [0.2, 0.25) is 0 Å². The van der Waals surface area contributed by atoms with Crippen molar-refractivity contribution in [2.24, 2.45) is 0 Å². The van der Waals surface area contributed by atoms with Gasteiger partial charge >= 0.3 is 18.2 Å². The van der Waals surface area contributed by atoms with Crippen molar-refractivity contribution >= 4 is 24.1 Å².